The van der Waals surface area contributed by atoms with Gasteiger partial charge in [0, 0.05) is 31.1 Å². The number of hydrogen-bond acceptors (Lipinski definition) is 4. The fourth-order valence-corrected chi connectivity index (χ4v) is 4.35. The molecular formula is C14H17N3S. The number of rotatable bonds is 1. The number of hydrogen-bond donors (Lipinski definition) is 1. The number of aromatic nitrogens is 1. The summed E-state index contributed by atoms with van der Waals surface area (Å²) in [5.74, 6) is 0.833. The summed E-state index contributed by atoms with van der Waals surface area (Å²) in [6.45, 7) is 3.52. The Kier molecular flexibility index (Phi) is 2.52. The topological polar surface area (TPSA) is 28.2 Å². The van der Waals surface area contributed by atoms with Crippen LogP contribution in [0.3, 0.4) is 0 Å². The Hall–Kier alpha value is -1.13. The lowest BCUT2D eigenvalue weighted by molar-refractivity contribution is 0.387. The van der Waals surface area contributed by atoms with Crippen molar-refractivity contribution in [3.05, 3.63) is 24.3 Å². The molecule has 4 heteroatoms. The number of piperidine rings is 1. The molecule has 1 aromatic carbocycles. The van der Waals surface area contributed by atoms with Crippen LogP contribution in [0.1, 0.15) is 12.8 Å². The maximum Gasteiger partial charge on any atom is 0.120 e. The van der Waals surface area contributed by atoms with Crippen LogP contribution in [-0.2, 0) is 0 Å². The quantitative estimate of drug-likeness (QED) is 0.853. The van der Waals surface area contributed by atoms with Gasteiger partial charge in [0.2, 0.25) is 0 Å². The number of nitrogens with one attached hydrogen (secondary N) is 1. The lowest BCUT2D eigenvalue weighted by Gasteiger charge is -2.37. The van der Waals surface area contributed by atoms with Crippen LogP contribution in [-0.4, -0.2) is 30.0 Å². The molecule has 3 heterocycles. The molecule has 2 unspecified atom stereocenters. The third-order valence-electron chi connectivity index (χ3n) is 4.30. The zero-order valence-corrected chi connectivity index (χ0v) is 11.1. The van der Waals surface area contributed by atoms with Crippen molar-refractivity contribution in [2.24, 2.45) is 5.92 Å². The van der Waals surface area contributed by atoms with E-state index in [0.29, 0.717) is 6.04 Å². The lowest BCUT2D eigenvalue weighted by atomic mass is 9.92. The highest BCUT2D eigenvalue weighted by Gasteiger charge is 2.36. The zero-order chi connectivity index (χ0) is 11.9. The van der Waals surface area contributed by atoms with E-state index >= 15 is 0 Å². The van der Waals surface area contributed by atoms with Gasteiger partial charge in [-0.15, -0.1) is 0 Å². The summed E-state index contributed by atoms with van der Waals surface area (Å²) in [7, 11) is 0. The standard InChI is InChI=1S/C14H17N3S/c1-2-6-12-11(5-1)14(18-16-12)17-7-3-4-10-8-15-9-13(10)17/h1-2,5-6,10,13,15H,3-4,7-9H2. The first-order chi connectivity index (χ1) is 8.93. The highest BCUT2D eigenvalue weighted by molar-refractivity contribution is 7.11. The maximum atomic E-state index is 4.59. The van der Waals surface area contributed by atoms with E-state index in [0.717, 1.165) is 18.0 Å². The molecule has 2 saturated heterocycles. The molecule has 1 N–H and O–H groups in total. The van der Waals surface area contributed by atoms with Crippen LogP contribution < -0.4 is 10.2 Å². The molecule has 2 fully saturated rings. The van der Waals surface area contributed by atoms with Crippen LogP contribution in [0.5, 0.6) is 0 Å². The highest BCUT2D eigenvalue weighted by atomic mass is 32.1. The van der Waals surface area contributed by atoms with E-state index < -0.39 is 0 Å². The summed E-state index contributed by atoms with van der Waals surface area (Å²) in [4.78, 5) is 2.61. The van der Waals surface area contributed by atoms with Crippen LogP contribution in [0, 0.1) is 5.92 Å². The van der Waals surface area contributed by atoms with Crippen LogP contribution in [0.25, 0.3) is 10.9 Å². The molecule has 18 heavy (non-hydrogen) atoms. The molecule has 1 aromatic heterocycles. The van der Waals surface area contributed by atoms with Crippen molar-refractivity contribution < 1.29 is 0 Å². The molecule has 4 rings (SSSR count). The zero-order valence-electron chi connectivity index (χ0n) is 10.3. The van der Waals surface area contributed by atoms with E-state index in [4.69, 9.17) is 0 Å². The van der Waals surface area contributed by atoms with Crippen molar-refractivity contribution in [2.45, 2.75) is 18.9 Å². The Labute approximate surface area is 111 Å². The second-order valence-corrected chi connectivity index (χ2v) is 6.08. The Morgan fingerprint density at radius 3 is 3.22 bits per heavy atom. The van der Waals surface area contributed by atoms with E-state index in [1.807, 2.05) is 0 Å². The smallest absolute Gasteiger partial charge is 0.120 e. The molecule has 0 radical (unpaired) electrons. The number of benzene rings is 1. The number of nitrogens with zero attached hydrogens (tertiary/aromatic N) is 2. The normalized spacial score (nSPS) is 27.7. The molecule has 0 aliphatic carbocycles. The minimum atomic E-state index is 0.683. The van der Waals surface area contributed by atoms with E-state index in [-0.39, 0.29) is 0 Å². The van der Waals surface area contributed by atoms with Crippen molar-refractivity contribution >= 4 is 27.4 Å². The first-order valence-corrected chi connectivity index (χ1v) is 7.52. The summed E-state index contributed by atoms with van der Waals surface area (Å²) < 4.78 is 4.59. The van der Waals surface area contributed by atoms with E-state index in [9.17, 15) is 0 Å². The number of anilines is 1. The van der Waals surface area contributed by atoms with Crippen LogP contribution in [0.4, 0.5) is 5.00 Å². The van der Waals surface area contributed by atoms with Gasteiger partial charge in [-0.25, -0.2) is 0 Å². The molecule has 0 amide bonds. The Morgan fingerprint density at radius 1 is 1.28 bits per heavy atom. The van der Waals surface area contributed by atoms with Crippen molar-refractivity contribution in [2.75, 3.05) is 24.5 Å². The average molecular weight is 259 g/mol. The molecule has 2 aromatic rings. The Bertz CT molecular complexity index is 565. The van der Waals surface area contributed by atoms with Gasteiger partial charge < -0.3 is 10.2 Å². The van der Waals surface area contributed by atoms with E-state index in [1.165, 1.54) is 36.3 Å². The molecular weight excluding hydrogens is 242 g/mol. The van der Waals surface area contributed by atoms with Crippen molar-refractivity contribution in [3.8, 4) is 0 Å². The van der Waals surface area contributed by atoms with Gasteiger partial charge in [-0.1, -0.05) is 12.1 Å². The average Bonchev–Trinajstić information content (AvgIpc) is 3.05. The summed E-state index contributed by atoms with van der Waals surface area (Å²) >= 11 is 1.67. The minimum absolute atomic E-state index is 0.683. The summed E-state index contributed by atoms with van der Waals surface area (Å²) in [6, 6.07) is 9.20. The predicted octanol–water partition coefficient (Wildman–Crippen LogP) is 2.48. The molecule has 94 valence electrons. The molecule has 3 nitrogen and oxygen atoms in total. The third-order valence-corrected chi connectivity index (χ3v) is 5.22. The van der Waals surface area contributed by atoms with Gasteiger partial charge in [-0.3, -0.25) is 0 Å². The molecule has 2 aliphatic heterocycles. The van der Waals surface area contributed by atoms with Gasteiger partial charge in [0.05, 0.1) is 5.52 Å². The minimum Gasteiger partial charge on any atom is -0.357 e. The SMILES string of the molecule is c1ccc2c(N3CCCC4CNCC43)snc2c1. The fraction of sp³-hybridized carbons (Fsp3) is 0.500. The van der Waals surface area contributed by atoms with Crippen molar-refractivity contribution in [3.63, 3.8) is 0 Å². The summed E-state index contributed by atoms with van der Waals surface area (Å²) in [6.07, 6.45) is 2.69. The lowest BCUT2D eigenvalue weighted by Crippen LogP contribution is -2.44. The monoisotopic (exact) mass is 259 g/mol. The first-order valence-electron chi connectivity index (χ1n) is 6.75. The largest absolute Gasteiger partial charge is 0.357 e. The summed E-state index contributed by atoms with van der Waals surface area (Å²) in [5, 5.41) is 6.25. The molecule has 0 spiro atoms. The third kappa shape index (κ3) is 1.56. The highest BCUT2D eigenvalue weighted by Crippen LogP contribution is 2.37. The Balaban J connectivity index is 1.77. The van der Waals surface area contributed by atoms with E-state index in [1.54, 1.807) is 11.5 Å². The van der Waals surface area contributed by atoms with E-state index in [2.05, 4.69) is 38.9 Å². The van der Waals surface area contributed by atoms with Gasteiger partial charge in [-0.05, 0) is 42.4 Å². The van der Waals surface area contributed by atoms with Crippen molar-refractivity contribution in [1.29, 1.82) is 0 Å². The fourth-order valence-electron chi connectivity index (χ4n) is 3.40. The van der Waals surface area contributed by atoms with Gasteiger partial charge in [0.15, 0.2) is 0 Å². The van der Waals surface area contributed by atoms with Crippen LogP contribution in [0.2, 0.25) is 0 Å². The second-order valence-electron chi connectivity index (χ2n) is 5.33. The molecule has 0 saturated carbocycles. The Morgan fingerprint density at radius 2 is 2.22 bits per heavy atom. The van der Waals surface area contributed by atoms with Gasteiger partial charge in [-0.2, -0.15) is 4.37 Å². The van der Waals surface area contributed by atoms with Gasteiger partial charge in [0.1, 0.15) is 5.00 Å². The predicted molar refractivity (Wildman–Crippen MR) is 76.3 cm³/mol. The van der Waals surface area contributed by atoms with Crippen LogP contribution in [0.15, 0.2) is 24.3 Å². The van der Waals surface area contributed by atoms with Crippen LogP contribution >= 0.6 is 11.5 Å². The first kappa shape index (κ1) is 10.8. The molecule has 2 atom stereocenters. The van der Waals surface area contributed by atoms with Gasteiger partial charge >= 0.3 is 0 Å². The molecule has 0 bridgehead atoms. The number of fused-ring (bicyclic) bond motifs is 2. The summed E-state index contributed by atoms with van der Waals surface area (Å²) in [5.41, 5.74) is 1.14. The molecule has 2 aliphatic rings. The van der Waals surface area contributed by atoms with Gasteiger partial charge in [0.25, 0.3) is 0 Å². The van der Waals surface area contributed by atoms with Crippen molar-refractivity contribution in [1.82, 2.24) is 9.69 Å². The maximum absolute atomic E-state index is 4.59. The second kappa shape index (κ2) is 4.21.